The molecule has 0 aliphatic rings. The van der Waals surface area contributed by atoms with Crippen molar-refractivity contribution in [3.8, 4) is 0 Å². The van der Waals surface area contributed by atoms with Crippen LogP contribution in [0.4, 0.5) is 5.69 Å². The Kier molecular flexibility index (Phi) is 3.37. The molecule has 0 saturated heterocycles. The summed E-state index contributed by atoms with van der Waals surface area (Å²) in [5.74, 6) is -1.29. The lowest BCUT2D eigenvalue weighted by Gasteiger charge is -2.12. The molecule has 5 heteroatoms. The maximum Gasteiger partial charge on any atom is 0.340 e. The molecule has 2 aromatic carbocycles. The third-order valence-corrected chi connectivity index (χ3v) is 2.88. The van der Waals surface area contributed by atoms with Gasteiger partial charge in [-0.25, -0.2) is 9.59 Å². The van der Waals surface area contributed by atoms with Gasteiger partial charge in [-0.15, -0.1) is 0 Å². The highest BCUT2D eigenvalue weighted by Crippen LogP contribution is 2.29. The summed E-state index contributed by atoms with van der Waals surface area (Å²) in [6.07, 6.45) is 0. The van der Waals surface area contributed by atoms with E-state index < -0.39 is 11.9 Å². The second-order valence-electron chi connectivity index (χ2n) is 3.92. The Morgan fingerprint density at radius 1 is 1.05 bits per heavy atom. The van der Waals surface area contributed by atoms with Crippen molar-refractivity contribution in [1.29, 1.82) is 0 Å². The predicted octanol–water partition coefficient (Wildman–Crippen LogP) is 2.00. The zero-order valence-corrected chi connectivity index (χ0v) is 10.6. The van der Waals surface area contributed by atoms with E-state index in [1.165, 1.54) is 14.2 Å². The Morgan fingerprint density at radius 2 is 1.68 bits per heavy atom. The molecular weight excluding hydrogens is 246 g/mol. The van der Waals surface area contributed by atoms with Crippen LogP contribution < -0.4 is 5.73 Å². The van der Waals surface area contributed by atoms with E-state index in [0.717, 1.165) is 5.39 Å². The zero-order valence-electron chi connectivity index (χ0n) is 10.6. The number of rotatable bonds is 2. The zero-order chi connectivity index (χ0) is 14.0. The Bertz CT molecular complexity index is 664. The van der Waals surface area contributed by atoms with Gasteiger partial charge >= 0.3 is 11.9 Å². The Morgan fingerprint density at radius 3 is 2.32 bits per heavy atom. The van der Waals surface area contributed by atoms with Gasteiger partial charge < -0.3 is 15.2 Å². The lowest BCUT2D eigenvalue weighted by atomic mass is 9.98. The average Bonchev–Trinajstić information content (AvgIpc) is 2.45. The summed E-state index contributed by atoms with van der Waals surface area (Å²) >= 11 is 0. The predicted molar refractivity (Wildman–Crippen MR) is 71.0 cm³/mol. The standard InChI is InChI=1S/C14H13NO4/c1-18-13(16)10-7-8-5-3-4-6-9(8)12(15)11(10)14(17)19-2/h3-7H,15H2,1-2H3. The molecule has 0 heterocycles. The van der Waals surface area contributed by atoms with Crippen LogP contribution in [0.5, 0.6) is 0 Å². The minimum atomic E-state index is -0.663. The number of fused-ring (bicyclic) bond motifs is 1. The van der Waals surface area contributed by atoms with Crippen molar-refractivity contribution in [2.75, 3.05) is 20.0 Å². The number of carbonyl (C=O) groups excluding carboxylic acids is 2. The van der Waals surface area contributed by atoms with Gasteiger partial charge in [-0.05, 0) is 11.5 Å². The van der Waals surface area contributed by atoms with Crippen molar-refractivity contribution in [2.45, 2.75) is 0 Å². The first-order valence-electron chi connectivity index (χ1n) is 5.58. The van der Waals surface area contributed by atoms with E-state index in [1.54, 1.807) is 24.3 Å². The smallest absolute Gasteiger partial charge is 0.340 e. The Labute approximate surface area is 109 Å². The van der Waals surface area contributed by atoms with Gasteiger partial charge in [0.1, 0.15) is 0 Å². The van der Waals surface area contributed by atoms with Gasteiger partial charge in [-0.1, -0.05) is 24.3 Å². The normalized spacial score (nSPS) is 10.2. The minimum absolute atomic E-state index is 0.0352. The molecule has 19 heavy (non-hydrogen) atoms. The second kappa shape index (κ2) is 4.97. The number of nitrogens with two attached hydrogens (primary N) is 1. The van der Waals surface area contributed by atoms with Crippen LogP contribution in [0, 0.1) is 0 Å². The third-order valence-electron chi connectivity index (χ3n) is 2.88. The van der Waals surface area contributed by atoms with E-state index in [-0.39, 0.29) is 16.8 Å². The molecule has 0 aromatic heterocycles. The summed E-state index contributed by atoms with van der Waals surface area (Å²) < 4.78 is 9.35. The van der Waals surface area contributed by atoms with Gasteiger partial charge in [0.25, 0.3) is 0 Å². The first-order chi connectivity index (χ1) is 9.10. The first-order valence-corrected chi connectivity index (χ1v) is 5.58. The lowest BCUT2D eigenvalue weighted by molar-refractivity contribution is 0.0556. The van der Waals surface area contributed by atoms with Crippen molar-refractivity contribution in [1.82, 2.24) is 0 Å². The van der Waals surface area contributed by atoms with Crippen molar-refractivity contribution < 1.29 is 19.1 Å². The number of anilines is 1. The molecule has 0 fully saturated rings. The minimum Gasteiger partial charge on any atom is -0.465 e. The molecule has 0 aliphatic carbocycles. The number of benzene rings is 2. The number of ether oxygens (including phenoxy) is 2. The van der Waals surface area contributed by atoms with Gasteiger partial charge in [0.15, 0.2) is 0 Å². The van der Waals surface area contributed by atoms with Crippen molar-refractivity contribution in [3.05, 3.63) is 41.5 Å². The van der Waals surface area contributed by atoms with Gasteiger partial charge in [0.05, 0.1) is 31.0 Å². The van der Waals surface area contributed by atoms with Crippen LogP contribution in [0.1, 0.15) is 20.7 Å². The number of carbonyl (C=O) groups is 2. The average molecular weight is 259 g/mol. The highest BCUT2D eigenvalue weighted by atomic mass is 16.5. The second-order valence-corrected chi connectivity index (χ2v) is 3.92. The maximum absolute atomic E-state index is 11.8. The molecule has 0 bridgehead atoms. The highest BCUT2D eigenvalue weighted by Gasteiger charge is 2.23. The monoisotopic (exact) mass is 259 g/mol. The topological polar surface area (TPSA) is 78.6 Å². The van der Waals surface area contributed by atoms with Gasteiger partial charge in [0.2, 0.25) is 0 Å². The number of nitrogen functional groups attached to an aromatic ring is 1. The fourth-order valence-electron chi connectivity index (χ4n) is 1.97. The molecule has 0 radical (unpaired) electrons. The number of hydrogen-bond acceptors (Lipinski definition) is 5. The van der Waals surface area contributed by atoms with Crippen LogP contribution >= 0.6 is 0 Å². The van der Waals surface area contributed by atoms with E-state index in [4.69, 9.17) is 5.73 Å². The van der Waals surface area contributed by atoms with Gasteiger partial charge in [-0.2, -0.15) is 0 Å². The van der Waals surface area contributed by atoms with E-state index in [0.29, 0.717) is 5.39 Å². The number of esters is 2. The van der Waals surface area contributed by atoms with Gasteiger partial charge in [0, 0.05) is 5.39 Å². The molecule has 0 aliphatic heterocycles. The maximum atomic E-state index is 11.8. The Hall–Kier alpha value is -2.56. The largest absolute Gasteiger partial charge is 0.465 e. The first kappa shape index (κ1) is 12.9. The molecule has 0 amide bonds. The molecular formula is C14H13NO4. The molecule has 0 atom stereocenters. The molecule has 0 spiro atoms. The number of methoxy groups -OCH3 is 2. The van der Waals surface area contributed by atoms with E-state index in [1.807, 2.05) is 6.07 Å². The summed E-state index contributed by atoms with van der Waals surface area (Å²) in [5.41, 5.74) is 6.33. The van der Waals surface area contributed by atoms with E-state index >= 15 is 0 Å². The van der Waals surface area contributed by atoms with Crippen LogP contribution in [0.25, 0.3) is 10.8 Å². The molecule has 0 unspecified atom stereocenters. The summed E-state index contributed by atoms with van der Waals surface area (Å²) in [4.78, 5) is 23.6. The van der Waals surface area contributed by atoms with E-state index in [9.17, 15) is 9.59 Å². The quantitative estimate of drug-likeness (QED) is 0.659. The molecule has 2 rings (SSSR count). The molecule has 5 nitrogen and oxygen atoms in total. The van der Waals surface area contributed by atoms with Crippen LogP contribution in [0.3, 0.4) is 0 Å². The summed E-state index contributed by atoms with van der Waals surface area (Å²) in [6, 6.07) is 8.78. The number of hydrogen-bond donors (Lipinski definition) is 1. The van der Waals surface area contributed by atoms with Crippen molar-refractivity contribution >= 4 is 28.4 Å². The van der Waals surface area contributed by atoms with Gasteiger partial charge in [-0.3, -0.25) is 0 Å². The summed E-state index contributed by atoms with van der Waals surface area (Å²) in [7, 11) is 2.48. The van der Waals surface area contributed by atoms with Crippen LogP contribution in [-0.2, 0) is 9.47 Å². The van der Waals surface area contributed by atoms with Crippen LogP contribution in [-0.4, -0.2) is 26.2 Å². The summed E-state index contributed by atoms with van der Waals surface area (Å²) in [6.45, 7) is 0. The lowest BCUT2D eigenvalue weighted by Crippen LogP contribution is -2.14. The Balaban J connectivity index is 2.84. The molecule has 98 valence electrons. The fourth-order valence-corrected chi connectivity index (χ4v) is 1.97. The molecule has 2 aromatic rings. The van der Waals surface area contributed by atoms with E-state index in [2.05, 4.69) is 9.47 Å². The van der Waals surface area contributed by atoms with Crippen molar-refractivity contribution in [3.63, 3.8) is 0 Å². The van der Waals surface area contributed by atoms with Crippen LogP contribution in [0.15, 0.2) is 30.3 Å². The SMILES string of the molecule is COC(=O)c1cc2ccccc2c(N)c1C(=O)OC. The third kappa shape index (κ3) is 2.10. The summed E-state index contributed by atoms with van der Waals surface area (Å²) in [5, 5.41) is 1.45. The molecule has 0 saturated carbocycles. The fraction of sp³-hybridized carbons (Fsp3) is 0.143. The van der Waals surface area contributed by atoms with Crippen LogP contribution in [0.2, 0.25) is 0 Å². The van der Waals surface area contributed by atoms with Crippen molar-refractivity contribution in [2.24, 2.45) is 0 Å². The highest BCUT2D eigenvalue weighted by molar-refractivity contribution is 6.13. The molecule has 2 N–H and O–H groups in total.